The molecule has 4 heteroatoms. The number of hydrogen-bond acceptors (Lipinski definition) is 2. The average Bonchev–Trinajstić information content (AvgIpc) is 3.32. The van der Waals surface area contributed by atoms with Crippen molar-refractivity contribution in [3.05, 3.63) is 34.3 Å². The van der Waals surface area contributed by atoms with Crippen molar-refractivity contribution in [3.8, 4) is 0 Å². The zero-order valence-corrected chi connectivity index (χ0v) is 23.2. The smallest absolute Gasteiger partial charge is 0.355 e. The van der Waals surface area contributed by atoms with Crippen LogP contribution < -0.4 is 4.57 Å². The first-order chi connectivity index (χ1) is 17.0. The van der Waals surface area contributed by atoms with Crippen molar-refractivity contribution in [3.63, 3.8) is 0 Å². The third kappa shape index (κ3) is 6.98. The molecule has 0 bridgehead atoms. The molecular weight excluding hydrogens is 432 g/mol. The van der Waals surface area contributed by atoms with Crippen LogP contribution in [0.2, 0.25) is 0 Å². The van der Waals surface area contributed by atoms with Crippen LogP contribution in [0.5, 0.6) is 0 Å². The molecule has 0 atom stereocenters. The molecule has 0 unspecified atom stereocenters. The standard InChI is InChI=1S/C31H48N2O2/c1-6-8-9-10-11-12-13-14-15-16-17-18-19-20-27-29-25(5)30(31(34)35-7-2)32-26(29)21-28-24(4)23(3)22-33(27)28/h21H,6-20,22H2,1-5H3/p+1. The van der Waals surface area contributed by atoms with E-state index in [0.29, 0.717) is 12.3 Å². The molecule has 194 valence electrons. The molecular formula is C31H49N2O2+. The molecule has 3 rings (SSSR count). The van der Waals surface area contributed by atoms with E-state index < -0.39 is 0 Å². The second-order valence-corrected chi connectivity index (χ2v) is 10.6. The summed E-state index contributed by atoms with van der Waals surface area (Å²) in [5.41, 5.74) is 8.17. The molecule has 2 aromatic rings. The Morgan fingerprint density at radius 1 is 0.886 bits per heavy atom. The molecule has 0 spiro atoms. The van der Waals surface area contributed by atoms with E-state index in [2.05, 4.69) is 43.3 Å². The Labute approximate surface area is 213 Å². The van der Waals surface area contributed by atoms with Crippen LogP contribution in [-0.2, 0) is 17.7 Å². The number of aryl methyl sites for hydroxylation is 2. The molecule has 0 saturated carbocycles. The van der Waals surface area contributed by atoms with Crippen molar-refractivity contribution in [2.45, 2.75) is 131 Å². The van der Waals surface area contributed by atoms with Crippen molar-refractivity contribution < 1.29 is 14.1 Å². The number of carbonyl (C=O) groups excluding carboxylic acids is 1. The van der Waals surface area contributed by atoms with E-state index in [9.17, 15) is 4.79 Å². The first-order valence-electron chi connectivity index (χ1n) is 14.4. The molecule has 1 aliphatic rings. The van der Waals surface area contributed by atoms with Gasteiger partial charge in [0.15, 0.2) is 12.2 Å². The number of allylic oxidation sites excluding steroid dienone is 2. The predicted octanol–water partition coefficient (Wildman–Crippen LogP) is 8.38. The van der Waals surface area contributed by atoms with Crippen molar-refractivity contribution >= 4 is 22.4 Å². The lowest BCUT2D eigenvalue weighted by atomic mass is 10.0. The van der Waals surface area contributed by atoms with Crippen molar-refractivity contribution in [1.82, 2.24) is 4.98 Å². The summed E-state index contributed by atoms with van der Waals surface area (Å²) in [5.74, 6) is -0.248. The molecule has 0 radical (unpaired) electrons. The van der Waals surface area contributed by atoms with E-state index in [-0.39, 0.29) is 5.97 Å². The van der Waals surface area contributed by atoms with Crippen LogP contribution >= 0.6 is 0 Å². The molecule has 0 amide bonds. The summed E-state index contributed by atoms with van der Waals surface area (Å²) in [5, 5.41) is 1.22. The lowest BCUT2D eigenvalue weighted by Gasteiger charge is -2.07. The summed E-state index contributed by atoms with van der Waals surface area (Å²) < 4.78 is 7.80. The molecule has 0 saturated heterocycles. The van der Waals surface area contributed by atoms with Gasteiger partial charge in [-0.2, -0.15) is 4.57 Å². The lowest BCUT2D eigenvalue weighted by Crippen LogP contribution is -2.39. The molecule has 35 heavy (non-hydrogen) atoms. The zero-order chi connectivity index (χ0) is 25.2. The van der Waals surface area contributed by atoms with Gasteiger partial charge in [-0.3, -0.25) is 0 Å². The fourth-order valence-corrected chi connectivity index (χ4v) is 5.64. The number of hydrogen-bond donors (Lipinski definition) is 1. The van der Waals surface area contributed by atoms with Crippen LogP contribution in [0.15, 0.2) is 11.6 Å². The first-order valence-corrected chi connectivity index (χ1v) is 14.4. The van der Waals surface area contributed by atoms with Crippen LogP contribution in [0.1, 0.15) is 139 Å². The Balaban J connectivity index is 1.54. The van der Waals surface area contributed by atoms with Crippen LogP contribution in [0.3, 0.4) is 0 Å². The van der Waals surface area contributed by atoms with Crippen LogP contribution in [-0.4, -0.2) is 17.6 Å². The maximum atomic E-state index is 12.5. The van der Waals surface area contributed by atoms with Gasteiger partial charge in [-0.05, 0) is 39.7 Å². The van der Waals surface area contributed by atoms with Gasteiger partial charge in [0.1, 0.15) is 5.69 Å². The Bertz CT molecular complexity index is 1010. The number of carbonyl (C=O) groups is 1. The summed E-state index contributed by atoms with van der Waals surface area (Å²) in [4.78, 5) is 15.9. The molecule has 0 aromatic carbocycles. The largest absolute Gasteiger partial charge is 0.461 e. The highest BCUT2D eigenvalue weighted by Gasteiger charge is 2.31. The van der Waals surface area contributed by atoms with E-state index >= 15 is 0 Å². The number of rotatable bonds is 16. The highest BCUT2D eigenvalue weighted by molar-refractivity contribution is 5.99. The van der Waals surface area contributed by atoms with Gasteiger partial charge in [0.2, 0.25) is 5.69 Å². The molecule has 1 aliphatic heterocycles. The van der Waals surface area contributed by atoms with E-state index in [1.165, 1.54) is 111 Å². The number of nitrogens with one attached hydrogen (secondary N) is 1. The minimum absolute atomic E-state index is 0.248. The average molecular weight is 482 g/mol. The van der Waals surface area contributed by atoms with Crippen LogP contribution in [0, 0.1) is 6.92 Å². The second-order valence-electron chi connectivity index (χ2n) is 10.6. The van der Waals surface area contributed by atoms with Crippen molar-refractivity contribution in [2.75, 3.05) is 6.61 Å². The van der Waals surface area contributed by atoms with Gasteiger partial charge in [0, 0.05) is 23.6 Å². The van der Waals surface area contributed by atoms with Gasteiger partial charge < -0.3 is 9.72 Å². The number of nitrogens with zero attached hydrogens (tertiary/aromatic N) is 1. The lowest BCUT2D eigenvalue weighted by molar-refractivity contribution is -0.692. The highest BCUT2D eigenvalue weighted by atomic mass is 16.5. The third-order valence-corrected chi connectivity index (χ3v) is 7.88. The highest BCUT2D eigenvalue weighted by Crippen LogP contribution is 2.31. The number of fused-ring (bicyclic) bond motifs is 2. The van der Waals surface area contributed by atoms with Crippen LogP contribution in [0.25, 0.3) is 16.5 Å². The number of aromatic nitrogens is 2. The minimum Gasteiger partial charge on any atom is -0.461 e. The maximum Gasteiger partial charge on any atom is 0.355 e. The van der Waals surface area contributed by atoms with Gasteiger partial charge in [-0.15, -0.1) is 0 Å². The summed E-state index contributed by atoms with van der Waals surface area (Å²) in [7, 11) is 0. The number of aromatic amines is 1. The van der Waals surface area contributed by atoms with Gasteiger partial charge in [0.05, 0.1) is 17.5 Å². The van der Waals surface area contributed by atoms with E-state index in [1.54, 1.807) is 0 Å². The number of pyridine rings is 1. The fourth-order valence-electron chi connectivity index (χ4n) is 5.64. The number of H-pyrrole nitrogens is 1. The fraction of sp³-hybridized carbons (Fsp3) is 0.677. The van der Waals surface area contributed by atoms with Gasteiger partial charge in [-0.1, -0.05) is 84.0 Å². The first kappa shape index (κ1) is 27.5. The van der Waals surface area contributed by atoms with Crippen LogP contribution in [0.4, 0.5) is 0 Å². The van der Waals surface area contributed by atoms with E-state index in [4.69, 9.17) is 4.74 Å². The summed E-state index contributed by atoms with van der Waals surface area (Å²) in [6.45, 7) is 12.0. The molecule has 1 N–H and O–H groups in total. The Hall–Kier alpha value is -2.10. The van der Waals surface area contributed by atoms with E-state index in [0.717, 1.165) is 24.0 Å². The number of unbranched alkanes of at least 4 members (excludes halogenated alkanes) is 12. The van der Waals surface area contributed by atoms with Gasteiger partial charge in [-0.25, -0.2) is 4.79 Å². The summed E-state index contributed by atoms with van der Waals surface area (Å²) in [6.07, 6.45) is 18.9. The molecule has 0 fully saturated rings. The predicted molar refractivity (Wildman–Crippen MR) is 147 cm³/mol. The molecule has 4 nitrogen and oxygen atoms in total. The maximum absolute atomic E-state index is 12.5. The SMILES string of the molecule is CCCCCCCCCCCCCCCc1c2c(C)c(C(=O)OCC)[nH]c2cc2[n+]1CC(C)=C2C. The summed E-state index contributed by atoms with van der Waals surface area (Å²) in [6, 6.07) is 2.23. The van der Waals surface area contributed by atoms with Gasteiger partial charge in [0.25, 0.3) is 0 Å². The summed E-state index contributed by atoms with van der Waals surface area (Å²) >= 11 is 0. The number of esters is 1. The normalized spacial score (nSPS) is 13.2. The Morgan fingerprint density at radius 2 is 1.46 bits per heavy atom. The Kier molecular flexibility index (Phi) is 10.9. The number of ether oxygens (including phenoxy) is 1. The Morgan fingerprint density at radius 3 is 2.03 bits per heavy atom. The monoisotopic (exact) mass is 481 g/mol. The molecule has 2 aromatic heterocycles. The van der Waals surface area contributed by atoms with E-state index in [1.807, 2.05) is 6.92 Å². The zero-order valence-electron chi connectivity index (χ0n) is 23.2. The quantitative estimate of drug-likeness (QED) is 0.149. The van der Waals surface area contributed by atoms with Gasteiger partial charge >= 0.3 is 5.97 Å². The topological polar surface area (TPSA) is 46.0 Å². The minimum atomic E-state index is -0.248. The molecule has 0 aliphatic carbocycles. The molecule has 3 heterocycles. The van der Waals surface area contributed by atoms with Crippen molar-refractivity contribution in [2.24, 2.45) is 0 Å². The third-order valence-electron chi connectivity index (χ3n) is 7.88. The second kappa shape index (κ2) is 13.8. The van der Waals surface area contributed by atoms with Crippen molar-refractivity contribution in [1.29, 1.82) is 0 Å².